The first-order valence-electron chi connectivity index (χ1n) is 1.29. The van der Waals surface area contributed by atoms with Crippen LogP contribution in [-0.4, -0.2) is 12.4 Å². The molecule has 0 spiro atoms. The maximum atomic E-state index is 10.9. The summed E-state index contributed by atoms with van der Waals surface area (Å²) in [6.07, 6.45) is -3.13. The van der Waals surface area contributed by atoms with E-state index in [0.717, 1.165) is 0 Å². The molecule has 0 saturated heterocycles. The number of halogens is 3. The fraction of sp³-hybridized carbons (Fsp3) is 0.500. The molecule has 0 amide bonds. The number of hydrogen-bond donors (Lipinski definition) is 0. The van der Waals surface area contributed by atoms with Gasteiger partial charge in [0.15, 0.2) is 0 Å². The van der Waals surface area contributed by atoms with Gasteiger partial charge in [-0.25, -0.2) is 4.79 Å². The van der Waals surface area contributed by atoms with Crippen molar-refractivity contribution < 1.29 is 48.8 Å². The Morgan fingerprint density at radius 1 is 1.75 bits per heavy atom. The fourth-order valence-electron chi connectivity index (χ4n) is 0.0337. The number of carbonyl (C=O) groups is 1. The molecule has 2 nitrogen and oxygen atoms in total. The van der Waals surface area contributed by atoms with Crippen molar-refractivity contribution in [2.75, 3.05) is 0 Å². The van der Waals surface area contributed by atoms with Crippen LogP contribution in [0.25, 0.3) is 0 Å². The summed E-state index contributed by atoms with van der Waals surface area (Å²) in [5.41, 5.74) is 0. The third kappa shape index (κ3) is 4.77. The van der Waals surface area contributed by atoms with E-state index in [4.69, 9.17) is 0 Å². The average Bonchev–Trinajstić information content (AvgIpc) is 1.65. The van der Waals surface area contributed by atoms with Crippen LogP contribution in [0.5, 0.6) is 0 Å². The zero-order valence-corrected chi connectivity index (χ0v) is 6.78. The Morgan fingerprint density at radius 2 is 2.12 bits per heavy atom. The molecule has 0 heterocycles. The monoisotopic (exact) mass is 154 g/mol. The number of rotatable bonds is 1. The van der Waals surface area contributed by atoms with Crippen molar-refractivity contribution in [2.45, 2.75) is 6.43 Å². The van der Waals surface area contributed by atoms with Crippen LogP contribution in [0.3, 0.4) is 0 Å². The Balaban J connectivity index is -0.000000180. The minimum atomic E-state index is -3.13. The van der Waals surface area contributed by atoms with Gasteiger partial charge in [0, 0.05) is 0 Å². The van der Waals surface area contributed by atoms with Gasteiger partial charge in [0.05, 0.1) is 0 Å². The second-order valence-electron chi connectivity index (χ2n) is 0.697. The number of alkyl halides is 2. The van der Waals surface area contributed by atoms with Gasteiger partial charge < -0.3 is 5.72 Å². The molecule has 8 heavy (non-hydrogen) atoms. The van der Waals surface area contributed by atoms with Gasteiger partial charge in [-0.05, 0) is 0 Å². The summed E-state index contributed by atoms with van der Waals surface area (Å²) in [4.78, 5) is 9.41. The zero-order chi connectivity index (χ0) is 5.86. The second-order valence-corrected chi connectivity index (χ2v) is 0.851. The molecule has 0 fully saturated rings. The van der Waals surface area contributed by atoms with E-state index in [0.29, 0.717) is 0 Å². The molecule has 0 atom stereocenters. The van der Waals surface area contributed by atoms with Crippen molar-refractivity contribution in [3.8, 4) is 0 Å². The standard InChI is InChI=1S/C2HClF2O2.Na.H/c3-7-2(6)1(4)5;;/h1H;;/q;+1;-1. The van der Waals surface area contributed by atoms with Crippen LogP contribution in [0.2, 0.25) is 0 Å². The molecule has 0 aromatic rings. The van der Waals surface area contributed by atoms with Crippen LogP contribution in [0.4, 0.5) is 8.78 Å². The van der Waals surface area contributed by atoms with Gasteiger partial charge in [-0.1, -0.05) is 0 Å². The topological polar surface area (TPSA) is 26.3 Å². The first-order chi connectivity index (χ1) is 3.18. The van der Waals surface area contributed by atoms with Gasteiger partial charge in [0.2, 0.25) is 0 Å². The van der Waals surface area contributed by atoms with E-state index in [9.17, 15) is 13.6 Å². The number of carbonyl (C=O) groups excluding carboxylic acids is 1. The van der Waals surface area contributed by atoms with Crippen molar-refractivity contribution in [3.05, 3.63) is 0 Å². The SMILES string of the molecule is O=C(OCl)C(F)F.[H-].[Na+]. The van der Waals surface area contributed by atoms with E-state index in [1.807, 2.05) is 0 Å². The van der Waals surface area contributed by atoms with Gasteiger partial charge in [-0.15, -0.1) is 0 Å². The summed E-state index contributed by atoms with van der Waals surface area (Å²) < 4.78 is 24.8. The van der Waals surface area contributed by atoms with Gasteiger partial charge in [-0.2, -0.15) is 8.78 Å². The van der Waals surface area contributed by atoms with Crippen LogP contribution in [0.15, 0.2) is 0 Å². The van der Waals surface area contributed by atoms with Gasteiger partial charge in [-0.3, -0.25) is 0 Å². The van der Waals surface area contributed by atoms with E-state index in [2.05, 4.69) is 16.2 Å². The van der Waals surface area contributed by atoms with Crippen LogP contribution < -0.4 is 29.6 Å². The molecule has 0 aromatic heterocycles. The Labute approximate surface area is 73.1 Å². The third-order valence-electron chi connectivity index (χ3n) is 0.254. The Morgan fingerprint density at radius 3 is 2.12 bits per heavy atom. The molecule has 0 saturated carbocycles. The molecule has 0 unspecified atom stereocenters. The zero-order valence-electron chi connectivity index (χ0n) is 5.03. The van der Waals surface area contributed by atoms with E-state index in [-0.39, 0.29) is 31.0 Å². The predicted octanol–water partition coefficient (Wildman–Crippen LogP) is -1.93. The van der Waals surface area contributed by atoms with Crippen molar-refractivity contribution in [1.29, 1.82) is 0 Å². The quantitative estimate of drug-likeness (QED) is 0.411. The summed E-state index contributed by atoms with van der Waals surface area (Å²) in [7, 11) is 0. The van der Waals surface area contributed by atoms with Crippen LogP contribution in [0, 0.1) is 0 Å². The van der Waals surface area contributed by atoms with Crippen molar-refractivity contribution in [2.24, 2.45) is 0 Å². The van der Waals surface area contributed by atoms with E-state index < -0.39 is 12.4 Å². The van der Waals surface area contributed by atoms with E-state index in [1.165, 1.54) is 0 Å². The van der Waals surface area contributed by atoms with Crippen LogP contribution in [-0.2, 0) is 9.08 Å². The minimum absolute atomic E-state index is 0. The summed E-state index contributed by atoms with van der Waals surface area (Å²) in [6, 6.07) is 0. The largest absolute Gasteiger partial charge is 1.00 e. The second kappa shape index (κ2) is 5.75. The van der Waals surface area contributed by atoms with Crippen molar-refractivity contribution in [1.82, 2.24) is 0 Å². The first-order valence-corrected chi connectivity index (χ1v) is 1.60. The summed E-state index contributed by atoms with van der Waals surface area (Å²) in [5.74, 6) is -1.72. The molecule has 0 aliphatic carbocycles. The van der Waals surface area contributed by atoms with Crippen LogP contribution in [0.1, 0.15) is 1.43 Å². The Kier molecular flexibility index (Phi) is 8.21. The fourth-order valence-corrected chi connectivity index (χ4v) is 0.101. The predicted molar refractivity (Wildman–Crippen MR) is 19.1 cm³/mol. The molecule has 0 radical (unpaired) electrons. The molecular formula is C2H2ClF2NaO2. The molecule has 0 bridgehead atoms. The maximum Gasteiger partial charge on any atom is 1.00 e. The minimum Gasteiger partial charge on any atom is -1.00 e. The molecule has 6 heteroatoms. The molecular weight excluding hydrogens is 152 g/mol. The number of hydrogen-bond acceptors (Lipinski definition) is 2. The Hall–Kier alpha value is 0.620. The van der Waals surface area contributed by atoms with Gasteiger partial charge in [0.25, 0.3) is 0 Å². The molecule has 0 aliphatic heterocycles. The third-order valence-corrected chi connectivity index (χ3v) is 0.406. The smallest absolute Gasteiger partial charge is 1.00 e. The van der Waals surface area contributed by atoms with Crippen molar-refractivity contribution in [3.63, 3.8) is 0 Å². The first kappa shape index (κ1) is 11.4. The van der Waals surface area contributed by atoms with Gasteiger partial charge in [0.1, 0.15) is 11.9 Å². The molecule has 0 N–H and O–H groups in total. The normalized spacial score (nSPS) is 8.00. The van der Waals surface area contributed by atoms with Crippen LogP contribution >= 0.6 is 11.9 Å². The Bertz CT molecular complexity index is 83.0. The average molecular weight is 154 g/mol. The van der Waals surface area contributed by atoms with Crippen molar-refractivity contribution >= 4 is 17.8 Å². The van der Waals surface area contributed by atoms with Gasteiger partial charge >= 0.3 is 42.0 Å². The molecule has 0 aromatic carbocycles. The van der Waals surface area contributed by atoms with E-state index >= 15 is 0 Å². The summed E-state index contributed by atoms with van der Waals surface area (Å²) >= 11 is 4.22. The molecule has 0 rings (SSSR count). The maximum absolute atomic E-state index is 10.9. The van der Waals surface area contributed by atoms with E-state index in [1.54, 1.807) is 0 Å². The molecule has 44 valence electrons. The summed E-state index contributed by atoms with van der Waals surface area (Å²) in [5, 5.41) is 0. The summed E-state index contributed by atoms with van der Waals surface area (Å²) in [6.45, 7) is 0. The molecule has 0 aliphatic rings.